The van der Waals surface area contributed by atoms with Crippen molar-refractivity contribution in [3.05, 3.63) is 65.5 Å². The van der Waals surface area contributed by atoms with E-state index in [1.165, 1.54) is 23.1 Å². The summed E-state index contributed by atoms with van der Waals surface area (Å²) in [5.74, 6) is -2.69. The SMILES string of the molecule is O=C(C1CN(CCOc2ccc(F)cc2)CCN1C(=O)c1ccc(F)c(F)c1)N1CCOCC1. The number of ether oxygens (including phenoxy) is 2. The molecule has 182 valence electrons. The highest BCUT2D eigenvalue weighted by Gasteiger charge is 2.38. The molecule has 2 aliphatic rings. The van der Waals surface area contributed by atoms with E-state index >= 15 is 0 Å². The molecule has 4 rings (SSSR count). The number of morpholine rings is 1. The van der Waals surface area contributed by atoms with E-state index in [0.717, 1.165) is 12.1 Å². The molecule has 2 amide bonds. The molecule has 2 heterocycles. The summed E-state index contributed by atoms with van der Waals surface area (Å²) >= 11 is 0. The predicted molar refractivity (Wildman–Crippen MR) is 117 cm³/mol. The lowest BCUT2D eigenvalue weighted by Crippen LogP contribution is -2.62. The number of halogens is 3. The second kappa shape index (κ2) is 10.9. The Balaban J connectivity index is 1.45. The van der Waals surface area contributed by atoms with Gasteiger partial charge in [-0.2, -0.15) is 0 Å². The Morgan fingerprint density at radius 2 is 1.68 bits per heavy atom. The van der Waals surface area contributed by atoms with Crippen LogP contribution in [0.3, 0.4) is 0 Å². The zero-order valence-electron chi connectivity index (χ0n) is 18.6. The molecular weight excluding hydrogens is 451 g/mol. The molecule has 0 aliphatic carbocycles. The van der Waals surface area contributed by atoms with Crippen molar-refractivity contribution in [1.29, 1.82) is 0 Å². The maximum atomic E-state index is 13.7. The summed E-state index contributed by atoms with van der Waals surface area (Å²) in [6.07, 6.45) is 0. The highest BCUT2D eigenvalue weighted by molar-refractivity contribution is 5.97. The van der Waals surface area contributed by atoms with Crippen LogP contribution in [0.4, 0.5) is 13.2 Å². The van der Waals surface area contributed by atoms with E-state index < -0.39 is 23.6 Å². The van der Waals surface area contributed by atoms with Crippen molar-refractivity contribution < 1.29 is 32.2 Å². The van der Waals surface area contributed by atoms with Gasteiger partial charge in [0.1, 0.15) is 24.2 Å². The third kappa shape index (κ3) is 5.68. The van der Waals surface area contributed by atoms with Crippen LogP contribution in [-0.4, -0.2) is 91.6 Å². The highest BCUT2D eigenvalue weighted by atomic mass is 19.2. The molecule has 2 saturated heterocycles. The van der Waals surface area contributed by atoms with Gasteiger partial charge >= 0.3 is 0 Å². The van der Waals surface area contributed by atoms with Gasteiger partial charge < -0.3 is 19.3 Å². The Bertz CT molecular complexity index is 1020. The molecule has 2 aromatic carbocycles. The molecule has 10 heteroatoms. The quantitative estimate of drug-likeness (QED) is 0.638. The lowest BCUT2D eigenvalue weighted by molar-refractivity contribution is -0.142. The Hall–Kier alpha value is -3.11. The van der Waals surface area contributed by atoms with Gasteiger partial charge in [0.05, 0.1) is 13.2 Å². The molecule has 0 aromatic heterocycles. The average Bonchev–Trinajstić information content (AvgIpc) is 2.86. The zero-order chi connectivity index (χ0) is 24.1. The molecule has 0 N–H and O–H groups in total. The van der Waals surface area contributed by atoms with Crippen LogP contribution in [-0.2, 0) is 9.53 Å². The minimum Gasteiger partial charge on any atom is -0.492 e. The van der Waals surface area contributed by atoms with Crippen molar-refractivity contribution in [3.8, 4) is 5.75 Å². The maximum absolute atomic E-state index is 13.7. The first-order chi connectivity index (χ1) is 16.4. The molecule has 0 saturated carbocycles. The largest absolute Gasteiger partial charge is 0.492 e. The van der Waals surface area contributed by atoms with Crippen molar-refractivity contribution in [2.75, 3.05) is 59.1 Å². The Morgan fingerprint density at radius 1 is 0.941 bits per heavy atom. The fraction of sp³-hybridized carbons (Fsp3) is 0.417. The van der Waals surface area contributed by atoms with Crippen LogP contribution in [0.25, 0.3) is 0 Å². The lowest BCUT2D eigenvalue weighted by atomic mass is 10.1. The van der Waals surface area contributed by atoms with E-state index in [-0.39, 0.29) is 30.4 Å². The third-order valence-electron chi connectivity index (χ3n) is 5.99. The van der Waals surface area contributed by atoms with Gasteiger partial charge in [0.2, 0.25) is 5.91 Å². The predicted octanol–water partition coefficient (Wildman–Crippen LogP) is 2.17. The first-order valence-electron chi connectivity index (χ1n) is 11.2. The molecular formula is C24H26F3N3O4. The topological polar surface area (TPSA) is 62.3 Å². The Labute approximate surface area is 195 Å². The Kier molecular flexibility index (Phi) is 7.69. The number of benzene rings is 2. The number of nitrogens with zero attached hydrogens (tertiary/aromatic N) is 3. The summed E-state index contributed by atoms with van der Waals surface area (Å²) in [6.45, 7) is 3.52. The van der Waals surface area contributed by atoms with Gasteiger partial charge in [-0.15, -0.1) is 0 Å². The molecule has 34 heavy (non-hydrogen) atoms. The van der Waals surface area contributed by atoms with Crippen LogP contribution in [0.5, 0.6) is 5.75 Å². The van der Waals surface area contributed by atoms with E-state index in [9.17, 15) is 22.8 Å². The minimum atomic E-state index is -1.11. The second-order valence-electron chi connectivity index (χ2n) is 8.18. The summed E-state index contributed by atoms with van der Waals surface area (Å²) in [5.41, 5.74) is -0.00762. The highest BCUT2D eigenvalue weighted by Crippen LogP contribution is 2.19. The molecule has 7 nitrogen and oxygen atoms in total. The smallest absolute Gasteiger partial charge is 0.254 e. The third-order valence-corrected chi connectivity index (χ3v) is 5.99. The second-order valence-corrected chi connectivity index (χ2v) is 8.18. The molecule has 0 bridgehead atoms. The van der Waals surface area contributed by atoms with Crippen molar-refractivity contribution in [2.45, 2.75) is 6.04 Å². The summed E-state index contributed by atoms with van der Waals surface area (Å²) < 4.78 is 51.1. The van der Waals surface area contributed by atoms with E-state index in [4.69, 9.17) is 9.47 Å². The van der Waals surface area contributed by atoms with Crippen LogP contribution < -0.4 is 4.74 Å². The van der Waals surface area contributed by atoms with Gasteiger partial charge in [-0.1, -0.05) is 0 Å². The van der Waals surface area contributed by atoms with Crippen LogP contribution in [0.1, 0.15) is 10.4 Å². The number of carbonyl (C=O) groups is 2. The van der Waals surface area contributed by atoms with Gasteiger partial charge in [-0.05, 0) is 42.5 Å². The first kappa shape index (κ1) is 24.0. The minimum absolute atomic E-state index is 0.00762. The van der Waals surface area contributed by atoms with Gasteiger partial charge in [-0.3, -0.25) is 14.5 Å². The van der Waals surface area contributed by atoms with Gasteiger partial charge in [0.25, 0.3) is 5.91 Å². The standard InChI is InChI=1S/C24H26F3N3O4/c25-18-2-4-19(5-3-18)34-14-9-28-7-8-30(23(31)17-1-6-20(26)21(27)15-17)22(16-28)24(32)29-10-12-33-13-11-29/h1-6,15,22H,7-14,16H2. The van der Waals surface area contributed by atoms with E-state index in [1.54, 1.807) is 17.0 Å². The fourth-order valence-corrected chi connectivity index (χ4v) is 4.11. The summed E-state index contributed by atoms with van der Waals surface area (Å²) in [6, 6.07) is 7.92. The van der Waals surface area contributed by atoms with E-state index in [1.807, 2.05) is 4.90 Å². The monoisotopic (exact) mass is 477 g/mol. The Morgan fingerprint density at radius 3 is 2.38 bits per heavy atom. The maximum Gasteiger partial charge on any atom is 0.254 e. The number of hydrogen-bond donors (Lipinski definition) is 0. The zero-order valence-corrected chi connectivity index (χ0v) is 18.6. The van der Waals surface area contributed by atoms with Gasteiger partial charge in [0.15, 0.2) is 11.6 Å². The number of piperazine rings is 1. The summed E-state index contributed by atoms with van der Waals surface area (Å²) in [5, 5.41) is 0. The number of rotatable bonds is 6. The molecule has 2 aromatic rings. The van der Waals surface area contributed by atoms with Crippen LogP contribution in [0.2, 0.25) is 0 Å². The molecule has 0 spiro atoms. The summed E-state index contributed by atoms with van der Waals surface area (Å²) in [7, 11) is 0. The lowest BCUT2D eigenvalue weighted by Gasteiger charge is -2.42. The molecule has 2 aliphatic heterocycles. The number of hydrogen-bond acceptors (Lipinski definition) is 5. The van der Waals surface area contributed by atoms with Gasteiger partial charge in [0, 0.05) is 44.8 Å². The van der Waals surface area contributed by atoms with Crippen molar-refractivity contribution in [2.24, 2.45) is 0 Å². The van der Waals surface area contributed by atoms with Gasteiger partial charge in [-0.25, -0.2) is 13.2 Å². The van der Waals surface area contributed by atoms with Crippen LogP contribution in [0, 0.1) is 17.5 Å². The normalized spacial score (nSPS) is 19.2. The first-order valence-corrected chi connectivity index (χ1v) is 11.2. The van der Waals surface area contributed by atoms with E-state index in [0.29, 0.717) is 51.7 Å². The number of carbonyl (C=O) groups excluding carboxylic acids is 2. The van der Waals surface area contributed by atoms with Crippen LogP contribution >= 0.6 is 0 Å². The summed E-state index contributed by atoms with van der Waals surface area (Å²) in [4.78, 5) is 31.6. The molecule has 1 unspecified atom stereocenters. The van der Waals surface area contributed by atoms with Crippen molar-refractivity contribution >= 4 is 11.8 Å². The van der Waals surface area contributed by atoms with Crippen LogP contribution in [0.15, 0.2) is 42.5 Å². The van der Waals surface area contributed by atoms with Crippen molar-refractivity contribution in [1.82, 2.24) is 14.7 Å². The number of amides is 2. The fourth-order valence-electron chi connectivity index (χ4n) is 4.11. The molecule has 2 fully saturated rings. The molecule has 1 atom stereocenters. The van der Waals surface area contributed by atoms with Crippen molar-refractivity contribution in [3.63, 3.8) is 0 Å². The van der Waals surface area contributed by atoms with E-state index in [2.05, 4.69) is 0 Å². The molecule has 0 radical (unpaired) electrons. The average molecular weight is 477 g/mol.